The number of imidazole rings is 1. The molecule has 1 aliphatic heterocycles. The zero-order chi connectivity index (χ0) is 26.7. The Morgan fingerprint density at radius 2 is 2.03 bits per heavy atom. The van der Waals surface area contributed by atoms with Crippen LogP contribution in [0.1, 0.15) is 55.1 Å². The third-order valence-corrected chi connectivity index (χ3v) is 7.49. The number of aromatic nitrogens is 2. The van der Waals surface area contributed by atoms with Crippen molar-refractivity contribution in [3.05, 3.63) is 58.7 Å². The van der Waals surface area contributed by atoms with Crippen LogP contribution in [0.15, 0.2) is 30.3 Å². The van der Waals surface area contributed by atoms with E-state index in [4.69, 9.17) is 14.5 Å². The van der Waals surface area contributed by atoms with Gasteiger partial charge in [0.2, 0.25) is 0 Å². The minimum Gasteiger partial charge on any atom is -0.489 e. The monoisotopic (exact) mass is 510 g/mol. The Hall–Kier alpha value is -3.13. The molecule has 2 atom stereocenters. The maximum atomic E-state index is 13.9. The van der Waals surface area contributed by atoms with Crippen LogP contribution in [0.4, 0.5) is 9.18 Å². The summed E-state index contributed by atoms with van der Waals surface area (Å²) in [5, 5.41) is 2.59. The molecule has 200 valence electrons. The minimum atomic E-state index is -0.860. The summed E-state index contributed by atoms with van der Waals surface area (Å²) in [5.74, 6) is 1.23. The van der Waals surface area contributed by atoms with Gasteiger partial charge in [0, 0.05) is 44.0 Å². The van der Waals surface area contributed by atoms with Gasteiger partial charge in [0.15, 0.2) is 5.60 Å². The van der Waals surface area contributed by atoms with Crippen LogP contribution in [0.25, 0.3) is 11.0 Å². The minimum absolute atomic E-state index is 0.121. The Morgan fingerprint density at radius 1 is 1.27 bits per heavy atom. The molecule has 0 fully saturated rings. The van der Waals surface area contributed by atoms with Gasteiger partial charge < -0.3 is 24.7 Å². The maximum Gasteiger partial charge on any atom is 0.407 e. The van der Waals surface area contributed by atoms with Crippen molar-refractivity contribution in [2.75, 3.05) is 33.8 Å². The largest absolute Gasteiger partial charge is 0.489 e. The molecule has 0 saturated heterocycles. The predicted octanol–water partition coefficient (Wildman–Crippen LogP) is 5.50. The summed E-state index contributed by atoms with van der Waals surface area (Å²) in [7, 11) is 3.64. The van der Waals surface area contributed by atoms with E-state index in [0.29, 0.717) is 12.2 Å². The molecular weight excluding hydrogens is 471 g/mol. The highest BCUT2D eigenvalue weighted by atomic mass is 19.1. The SMILES string of the molecule is CNC(=O)OC1(CCN(C)CCCc2nc3c(C)ccc(C)c3[nH]2)COc2cc(F)ccc2[C@@H]1C(C)C. The molecule has 4 rings (SSSR count). The molecule has 2 N–H and O–H groups in total. The Kier molecular flexibility index (Phi) is 8.07. The Labute approximate surface area is 218 Å². The van der Waals surface area contributed by atoms with E-state index in [1.165, 1.54) is 23.3 Å². The first-order valence-electron chi connectivity index (χ1n) is 13.1. The van der Waals surface area contributed by atoms with Crippen molar-refractivity contribution in [1.29, 1.82) is 0 Å². The second-order valence-electron chi connectivity index (χ2n) is 10.7. The van der Waals surface area contributed by atoms with Crippen molar-refractivity contribution in [3.63, 3.8) is 0 Å². The topological polar surface area (TPSA) is 79.5 Å². The molecule has 3 aromatic rings. The molecule has 0 bridgehead atoms. The van der Waals surface area contributed by atoms with Crippen LogP contribution >= 0.6 is 0 Å². The number of benzene rings is 2. The molecule has 1 unspecified atom stereocenters. The number of ether oxygens (including phenoxy) is 2. The van der Waals surface area contributed by atoms with E-state index in [1.807, 2.05) is 0 Å². The number of H-pyrrole nitrogens is 1. The predicted molar refractivity (Wildman–Crippen MR) is 144 cm³/mol. The van der Waals surface area contributed by atoms with Crippen LogP contribution in [0, 0.1) is 25.6 Å². The van der Waals surface area contributed by atoms with Crippen molar-refractivity contribution < 1.29 is 18.7 Å². The average Bonchev–Trinajstić information content (AvgIpc) is 3.30. The summed E-state index contributed by atoms with van der Waals surface area (Å²) in [6.45, 7) is 10.2. The number of aryl methyl sites for hydroxylation is 3. The van der Waals surface area contributed by atoms with Crippen LogP contribution in [0.2, 0.25) is 0 Å². The van der Waals surface area contributed by atoms with Gasteiger partial charge in [-0.25, -0.2) is 14.2 Å². The number of nitrogens with zero attached hydrogens (tertiary/aromatic N) is 2. The number of amides is 1. The fourth-order valence-corrected chi connectivity index (χ4v) is 5.57. The number of rotatable bonds is 9. The summed E-state index contributed by atoms with van der Waals surface area (Å²) in [4.78, 5) is 23.0. The lowest BCUT2D eigenvalue weighted by Gasteiger charge is -2.46. The van der Waals surface area contributed by atoms with Crippen molar-refractivity contribution in [2.24, 2.45) is 5.92 Å². The summed E-state index contributed by atoms with van der Waals surface area (Å²) in [6.07, 6.45) is 1.91. The van der Waals surface area contributed by atoms with Gasteiger partial charge in [-0.2, -0.15) is 0 Å². The third kappa shape index (κ3) is 5.74. The first-order valence-corrected chi connectivity index (χ1v) is 13.1. The number of alkyl carbamates (subject to hydrolysis) is 1. The molecule has 7 nitrogen and oxygen atoms in total. The number of hydrogen-bond acceptors (Lipinski definition) is 5. The molecule has 1 aliphatic rings. The molecule has 2 aromatic carbocycles. The van der Waals surface area contributed by atoms with Crippen LogP contribution < -0.4 is 10.1 Å². The smallest absolute Gasteiger partial charge is 0.407 e. The number of carbonyl (C=O) groups is 1. The molecule has 0 saturated carbocycles. The molecule has 1 amide bonds. The van der Waals surface area contributed by atoms with Gasteiger partial charge in [0.1, 0.15) is 24.0 Å². The van der Waals surface area contributed by atoms with E-state index in [9.17, 15) is 9.18 Å². The highest BCUT2D eigenvalue weighted by molar-refractivity contribution is 5.81. The Morgan fingerprint density at radius 3 is 2.73 bits per heavy atom. The van der Waals surface area contributed by atoms with Crippen molar-refractivity contribution in [1.82, 2.24) is 20.2 Å². The molecule has 8 heteroatoms. The van der Waals surface area contributed by atoms with E-state index in [1.54, 1.807) is 13.1 Å². The lowest BCUT2D eigenvalue weighted by molar-refractivity contribution is -0.0724. The Bertz CT molecular complexity index is 1220. The maximum absolute atomic E-state index is 13.9. The summed E-state index contributed by atoms with van der Waals surface area (Å²) < 4.78 is 25.9. The van der Waals surface area contributed by atoms with Gasteiger partial charge in [0.25, 0.3) is 0 Å². The van der Waals surface area contributed by atoms with Crippen molar-refractivity contribution in [3.8, 4) is 5.75 Å². The number of fused-ring (bicyclic) bond motifs is 2. The van der Waals surface area contributed by atoms with E-state index in [0.717, 1.165) is 48.4 Å². The summed E-state index contributed by atoms with van der Waals surface area (Å²) in [6, 6.07) is 8.86. The number of hydrogen-bond donors (Lipinski definition) is 2. The fraction of sp³-hybridized carbons (Fsp3) is 0.517. The van der Waals surface area contributed by atoms with Crippen molar-refractivity contribution in [2.45, 2.75) is 58.5 Å². The first-order chi connectivity index (χ1) is 17.6. The highest BCUT2D eigenvalue weighted by Crippen LogP contribution is 2.47. The van der Waals surface area contributed by atoms with Gasteiger partial charge in [-0.3, -0.25) is 0 Å². The van der Waals surface area contributed by atoms with Crippen LogP contribution in [0.3, 0.4) is 0 Å². The molecular formula is C29H39FN4O3. The van der Waals surface area contributed by atoms with Gasteiger partial charge in [-0.1, -0.05) is 32.0 Å². The lowest BCUT2D eigenvalue weighted by atomic mass is 9.72. The fourth-order valence-electron chi connectivity index (χ4n) is 5.57. The molecule has 0 radical (unpaired) electrons. The molecule has 1 aromatic heterocycles. The quantitative estimate of drug-likeness (QED) is 0.397. The normalized spacial score (nSPS) is 19.2. The summed E-state index contributed by atoms with van der Waals surface area (Å²) in [5.41, 5.74) is 4.57. The van der Waals surface area contributed by atoms with Gasteiger partial charge in [-0.15, -0.1) is 0 Å². The van der Waals surface area contributed by atoms with Gasteiger partial charge >= 0.3 is 6.09 Å². The van der Waals surface area contributed by atoms with E-state index in [2.05, 4.69) is 62.1 Å². The lowest BCUT2D eigenvalue weighted by Crippen LogP contribution is -2.53. The number of carbonyl (C=O) groups excluding carboxylic acids is 1. The van der Waals surface area contributed by atoms with Crippen LogP contribution in [-0.4, -0.2) is 60.4 Å². The number of nitrogens with one attached hydrogen (secondary N) is 2. The van der Waals surface area contributed by atoms with Crippen molar-refractivity contribution >= 4 is 17.1 Å². The average molecular weight is 511 g/mol. The van der Waals surface area contributed by atoms with Gasteiger partial charge in [-0.05, 0) is 57.0 Å². The second kappa shape index (κ2) is 11.1. The number of aromatic amines is 1. The zero-order valence-electron chi connectivity index (χ0n) is 22.8. The Balaban J connectivity index is 1.44. The molecule has 37 heavy (non-hydrogen) atoms. The van der Waals surface area contributed by atoms with Gasteiger partial charge in [0.05, 0.1) is 11.0 Å². The van der Waals surface area contributed by atoms with E-state index in [-0.39, 0.29) is 24.3 Å². The summed E-state index contributed by atoms with van der Waals surface area (Å²) >= 11 is 0. The molecule has 2 heterocycles. The molecule has 0 aliphatic carbocycles. The second-order valence-corrected chi connectivity index (χ2v) is 10.7. The van der Waals surface area contributed by atoms with Crippen LogP contribution in [-0.2, 0) is 11.2 Å². The molecule has 0 spiro atoms. The number of halogens is 1. The zero-order valence-corrected chi connectivity index (χ0v) is 22.8. The standard InChI is InChI=1S/C29H39FN4O3/c1-18(2)25-22-12-11-21(30)16-23(22)36-17-29(25,37-28(35)31-5)13-15-34(6)14-7-8-24-32-26-19(3)9-10-20(4)27(26)33-24/h9-12,16,18,25H,7-8,13-15,17H2,1-6H3,(H,31,35)(H,32,33)/t25-,29?/m0/s1. The van der Waals surface area contributed by atoms with Crippen LogP contribution in [0.5, 0.6) is 5.75 Å². The van der Waals surface area contributed by atoms with E-state index < -0.39 is 11.7 Å². The highest BCUT2D eigenvalue weighted by Gasteiger charge is 2.49. The van der Waals surface area contributed by atoms with E-state index >= 15 is 0 Å². The third-order valence-electron chi connectivity index (χ3n) is 7.49. The first kappa shape index (κ1) is 26.9.